The quantitative estimate of drug-likeness (QED) is 0.400. The summed E-state index contributed by atoms with van der Waals surface area (Å²) in [5.41, 5.74) is 5.66. The second kappa shape index (κ2) is 6.99. The smallest absolute Gasteiger partial charge is 0.414 e. The third kappa shape index (κ3) is 2.78. The van der Waals surface area contributed by atoms with E-state index in [4.69, 9.17) is 4.74 Å². The van der Waals surface area contributed by atoms with E-state index in [2.05, 4.69) is 46.4 Å². The number of cyclic esters (lactones) is 1. The number of ether oxygens (including phenoxy) is 1. The third-order valence-corrected chi connectivity index (χ3v) is 5.84. The standard InChI is InChI=1S/C26H19N3O2/c30-26-29(15-16-31-26)25-21-12-6-11-20(22-13-3-4-14-27-22)23(21)28-24(25)19-10-5-8-17-7-1-2-9-18(17)19/h1-14,28H,15-16H2. The zero-order valence-electron chi connectivity index (χ0n) is 16.7. The Hall–Kier alpha value is -4.12. The highest BCUT2D eigenvalue weighted by atomic mass is 16.6. The molecule has 0 saturated carbocycles. The molecule has 1 saturated heterocycles. The molecule has 6 rings (SSSR count). The number of carbonyl (C=O) groups is 1. The number of aromatic nitrogens is 2. The summed E-state index contributed by atoms with van der Waals surface area (Å²) in [7, 11) is 0. The Morgan fingerprint density at radius 3 is 2.45 bits per heavy atom. The van der Waals surface area contributed by atoms with Crippen LogP contribution in [0.4, 0.5) is 10.5 Å². The molecular weight excluding hydrogens is 386 g/mol. The molecule has 5 aromatic rings. The molecule has 1 amide bonds. The molecule has 0 spiro atoms. The van der Waals surface area contributed by atoms with Gasteiger partial charge in [0.05, 0.1) is 29.1 Å². The van der Waals surface area contributed by atoms with Crippen molar-refractivity contribution in [3.05, 3.63) is 85.1 Å². The number of anilines is 1. The number of fused-ring (bicyclic) bond motifs is 2. The van der Waals surface area contributed by atoms with Crippen LogP contribution in [-0.4, -0.2) is 29.2 Å². The minimum Gasteiger partial charge on any atom is -0.447 e. The molecule has 0 aliphatic carbocycles. The molecule has 31 heavy (non-hydrogen) atoms. The Morgan fingerprint density at radius 2 is 1.61 bits per heavy atom. The van der Waals surface area contributed by atoms with E-state index in [0.29, 0.717) is 13.2 Å². The van der Waals surface area contributed by atoms with Crippen molar-refractivity contribution in [2.45, 2.75) is 0 Å². The summed E-state index contributed by atoms with van der Waals surface area (Å²) < 4.78 is 5.29. The summed E-state index contributed by atoms with van der Waals surface area (Å²) in [4.78, 5) is 22.5. The van der Waals surface area contributed by atoms with Gasteiger partial charge in [-0.2, -0.15) is 0 Å². The van der Waals surface area contributed by atoms with Crippen molar-refractivity contribution in [1.29, 1.82) is 0 Å². The Morgan fingerprint density at radius 1 is 0.839 bits per heavy atom. The van der Waals surface area contributed by atoms with Crippen LogP contribution < -0.4 is 4.90 Å². The Labute approximate surface area is 178 Å². The van der Waals surface area contributed by atoms with E-state index in [9.17, 15) is 4.79 Å². The van der Waals surface area contributed by atoms with Gasteiger partial charge in [-0.05, 0) is 22.9 Å². The number of rotatable bonds is 3. The first-order chi connectivity index (χ1) is 15.3. The fourth-order valence-electron chi connectivity index (χ4n) is 4.45. The summed E-state index contributed by atoms with van der Waals surface area (Å²) in [6.45, 7) is 0.914. The van der Waals surface area contributed by atoms with Crippen LogP contribution in [0.1, 0.15) is 0 Å². The minimum absolute atomic E-state index is 0.314. The number of aromatic amines is 1. The molecule has 1 fully saturated rings. The van der Waals surface area contributed by atoms with E-state index in [1.54, 1.807) is 11.1 Å². The zero-order valence-corrected chi connectivity index (χ0v) is 16.7. The van der Waals surface area contributed by atoms with Crippen LogP contribution in [0, 0.1) is 0 Å². The summed E-state index contributed by atoms with van der Waals surface area (Å²) >= 11 is 0. The molecule has 1 aliphatic heterocycles. The largest absolute Gasteiger partial charge is 0.447 e. The van der Waals surface area contributed by atoms with Gasteiger partial charge in [-0.1, -0.05) is 66.7 Å². The van der Waals surface area contributed by atoms with E-state index in [-0.39, 0.29) is 6.09 Å². The first kappa shape index (κ1) is 17.7. The van der Waals surface area contributed by atoms with Gasteiger partial charge in [0.15, 0.2) is 0 Å². The van der Waals surface area contributed by atoms with Crippen LogP contribution in [0.3, 0.4) is 0 Å². The fraction of sp³-hybridized carbons (Fsp3) is 0.0769. The lowest BCUT2D eigenvalue weighted by atomic mass is 10.0. The molecule has 1 aliphatic rings. The Bertz CT molecular complexity index is 1430. The van der Waals surface area contributed by atoms with E-state index < -0.39 is 0 Å². The molecule has 150 valence electrons. The minimum atomic E-state index is -0.314. The maximum Gasteiger partial charge on any atom is 0.414 e. The van der Waals surface area contributed by atoms with Crippen LogP contribution >= 0.6 is 0 Å². The molecule has 0 unspecified atom stereocenters. The van der Waals surface area contributed by atoms with Gasteiger partial charge in [-0.15, -0.1) is 0 Å². The third-order valence-electron chi connectivity index (χ3n) is 5.84. The Balaban J connectivity index is 1.70. The second-order valence-electron chi connectivity index (χ2n) is 7.58. The molecule has 5 nitrogen and oxygen atoms in total. The lowest BCUT2D eigenvalue weighted by Gasteiger charge is -2.15. The first-order valence-corrected chi connectivity index (χ1v) is 10.3. The van der Waals surface area contributed by atoms with Gasteiger partial charge in [0, 0.05) is 22.7 Å². The molecule has 3 heterocycles. The summed E-state index contributed by atoms with van der Waals surface area (Å²) in [5.74, 6) is 0. The lowest BCUT2D eigenvalue weighted by molar-refractivity contribution is 0.181. The molecular formula is C26H19N3O2. The van der Waals surface area contributed by atoms with Gasteiger partial charge in [0.2, 0.25) is 0 Å². The number of amides is 1. The summed E-state index contributed by atoms with van der Waals surface area (Å²) in [6.07, 6.45) is 1.48. The van der Waals surface area contributed by atoms with Crippen LogP contribution in [0.25, 0.3) is 44.2 Å². The molecule has 0 atom stereocenters. The molecule has 1 N–H and O–H groups in total. The highest BCUT2D eigenvalue weighted by Gasteiger charge is 2.30. The van der Waals surface area contributed by atoms with Crippen molar-refractivity contribution >= 4 is 33.5 Å². The van der Waals surface area contributed by atoms with E-state index in [1.165, 1.54) is 0 Å². The van der Waals surface area contributed by atoms with Crippen molar-refractivity contribution in [1.82, 2.24) is 9.97 Å². The van der Waals surface area contributed by atoms with Gasteiger partial charge in [-0.25, -0.2) is 4.79 Å². The number of pyridine rings is 1. The second-order valence-corrected chi connectivity index (χ2v) is 7.58. The van der Waals surface area contributed by atoms with Crippen molar-refractivity contribution in [3.8, 4) is 22.5 Å². The van der Waals surface area contributed by atoms with Crippen molar-refractivity contribution in [3.63, 3.8) is 0 Å². The maximum absolute atomic E-state index is 12.6. The topological polar surface area (TPSA) is 58.2 Å². The normalized spacial score (nSPS) is 13.8. The molecule has 0 radical (unpaired) electrons. The van der Waals surface area contributed by atoms with E-state index in [1.807, 2.05) is 42.5 Å². The lowest BCUT2D eigenvalue weighted by Crippen LogP contribution is -2.23. The van der Waals surface area contributed by atoms with Crippen LogP contribution in [-0.2, 0) is 4.74 Å². The number of nitrogens with zero attached hydrogens (tertiary/aromatic N) is 2. The molecule has 0 bridgehead atoms. The van der Waals surface area contributed by atoms with Gasteiger partial charge < -0.3 is 9.72 Å². The highest BCUT2D eigenvalue weighted by Crippen LogP contribution is 2.43. The number of hydrogen-bond donors (Lipinski definition) is 1. The fourth-order valence-corrected chi connectivity index (χ4v) is 4.45. The van der Waals surface area contributed by atoms with Gasteiger partial charge in [0.1, 0.15) is 6.61 Å². The number of H-pyrrole nitrogens is 1. The van der Waals surface area contributed by atoms with E-state index in [0.717, 1.165) is 49.9 Å². The van der Waals surface area contributed by atoms with Crippen LogP contribution in [0.5, 0.6) is 0 Å². The number of para-hydroxylation sites is 1. The first-order valence-electron chi connectivity index (χ1n) is 10.3. The SMILES string of the molecule is O=C1OCCN1c1c(-c2cccc3ccccc23)[nH]c2c(-c3ccccn3)cccc12. The average molecular weight is 405 g/mol. The summed E-state index contributed by atoms with van der Waals surface area (Å²) in [6, 6.07) is 26.5. The number of hydrogen-bond acceptors (Lipinski definition) is 3. The zero-order chi connectivity index (χ0) is 20.8. The number of nitrogens with one attached hydrogen (secondary N) is 1. The highest BCUT2D eigenvalue weighted by molar-refractivity contribution is 6.14. The van der Waals surface area contributed by atoms with Gasteiger partial charge in [0.25, 0.3) is 0 Å². The van der Waals surface area contributed by atoms with Crippen molar-refractivity contribution < 1.29 is 9.53 Å². The average Bonchev–Trinajstić information content (AvgIpc) is 3.42. The summed E-state index contributed by atoms with van der Waals surface area (Å²) in [5, 5.41) is 3.26. The van der Waals surface area contributed by atoms with Crippen molar-refractivity contribution in [2.75, 3.05) is 18.1 Å². The van der Waals surface area contributed by atoms with Gasteiger partial charge >= 0.3 is 6.09 Å². The molecule has 5 heteroatoms. The van der Waals surface area contributed by atoms with Crippen LogP contribution in [0.2, 0.25) is 0 Å². The maximum atomic E-state index is 12.6. The van der Waals surface area contributed by atoms with Gasteiger partial charge in [-0.3, -0.25) is 9.88 Å². The van der Waals surface area contributed by atoms with Crippen LogP contribution in [0.15, 0.2) is 85.1 Å². The van der Waals surface area contributed by atoms with E-state index >= 15 is 0 Å². The molecule has 3 aromatic carbocycles. The van der Waals surface area contributed by atoms with Crippen molar-refractivity contribution in [2.24, 2.45) is 0 Å². The Kier molecular flexibility index (Phi) is 3.99. The number of carbonyl (C=O) groups excluding carboxylic acids is 1. The molecule has 2 aromatic heterocycles. The predicted molar refractivity (Wildman–Crippen MR) is 123 cm³/mol. The monoisotopic (exact) mass is 405 g/mol. The number of benzene rings is 3. The predicted octanol–water partition coefficient (Wildman–Crippen LogP) is 6.01.